The van der Waals surface area contributed by atoms with Gasteiger partial charge < -0.3 is 5.32 Å². The van der Waals surface area contributed by atoms with Crippen molar-refractivity contribution in [3.63, 3.8) is 0 Å². The van der Waals surface area contributed by atoms with E-state index in [1.165, 1.54) is 0 Å². The van der Waals surface area contributed by atoms with Crippen LogP contribution in [0.1, 0.15) is 22.5 Å². The van der Waals surface area contributed by atoms with Crippen LogP contribution in [0.3, 0.4) is 0 Å². The molecule has 0 unspecified atom stereocenters. The molecule has 33 heavy (non-hydrogen) atoms. The summed E-state index contributed by atoms with van der Waals surface area (Å²) in [6.45, 7) is 6.78. The van der Waals surface area contributed by atoms with Crippen LogP contribution < -0.4 is 5.32 Å². The minimum Gasteiger partial charge on any atom is -0.380 e. The predicted octanol–water partition coefficient (Wildman–Crippen LogP) is 6.29. The first-order chi connectivity index (χ1) is 16.1. The topological polar surface area (TPSA) is 63.6 Å². The van der Waals surface area contributed by atoms with Gasteiger partial charge in [-0.25, -0.2) is 4.98 Å². The van der Waals surface area contributed by atoms with Gasteiger partial charge in [-0.3, -0.25) is 15.0 Å². The monoisotopic (exact) mass is 431 g/mol. The molecular formula is C28H25N5. The summed E-state index contributed by atoms with van der Waals surface area (Å²) >= 11 is 0. The van der Waals surface area contributed by atoms with E-state index in [4.69, 9.17) is 9.97 Å². The molecule has 5 nitrogen and oxygen atoms in total. The first-order valence-corrected chi connectivity index (χ1v) is 11.0. The van der Waals surface area contributed by atoms with Gasteiger partial charge in [0.25, 0.3) is 0 Å². The quantitative estimate of drug-likeness (QED) is 0.354. The maximum Gasteiger partial charge on any atom is 0.0732 e. The summed E-state index contributed by atoms with van der Waals surface area (Å²) in [5.74, 6) is 0. The van der Waals surface area contributed by atoms with Crippen molar-refractivity contribution in [3.8, 4) is 22.5 Å². The van der Waals surface area contributed by atoms with Crippen LogP contribution in [0.5, 0.6) is 0 Å². The second-order valence-corrected chi connectivity index (χ2v) is 8.30. The Bertz CT molecular complexity index is 1460. The molecule has 0 aliphatic carbocycles. The Morgan fingerprint density at radius 2 is 1.52 bits per heavy atom. The number of nitrogens with zero attached hydrogens (tertiary/aromatic N) is 4. The summed E-state index contributed by atoms with van der Waals surface area (Å²) in [4.78, 5) is 18.2. The minimum absolute atomic E-state index is 0.688. The number of benzene rings is 1. The van der Waals surface area contributed by atoms with Gasteiger partial charge in [-0.1, -0.05) is 12.1 Å². The fourth-order valence-corrected chi connectivity index (χ4v) is 4.10. The van der Waals surface area contributed by atoms with Gasteiger partial charge in [0.2, 0.25) is 0 Å². The minimum atomic E-state index is 0.688. The standard InChI is InChI=1S/C28H25N5/c1-18-13-21(17-32-28(18)23-10-12-30-20(3)15-23)16-31-26-5-4-6-27-24(26)7-8-25(33-27)22-9-11-29-19(2)14-22/h4-15,17,31H,16H2,1-3H3. The third-order valence-corrected chi connectivity index (χ3v) is 5.71. The van der Waals surface area contributed by atoms with Crippen molar-refractivity contribution in [1.29, 1.82) is 0 Å². The van der Waals surface area contributed by atoms with Gasteiger partial charge in [0.1, 0.15) is 0 Å². The average Bonchev–Trinajstić information content (AvgIpc) is 2.82. The SMILES string of the molecule is Cc1cc(-c2ccc3c(NCc4cnc(-c5ccnc(C)c5)c(C)c4)cccc3n2)ccn1. The summed E-state index contributed by atoms with van der Waals surface area (Å²) in [7, 11) is 0. The van der Waals surface area contributed by atoms with Crippen molar-refractivity contribution in [3.05, 3.63) is 102 Å². The maximum absolute atomic E-state index is 4.88. The van der Waals surface area contributed by atoms with Gasteiger partial charge in [-0.05, 0) is 80.4 Å². The Morgan fingerprint density at radius 3 is 2.27 bits per heavy atom. The first kappa shape index (κ1) is 20.8. The molecule has 0 atom stereocenters. The Balaban J connectivity index is 1.38. The van der Waals surface area contributed by atoms with E-state index in [-0.39, 0.29) is 0 Å². The molecule has 162 valence electrons. The van der Waals surface area contributed by atoms with Crippen molar-refractivity contribution < 1.29 is 0 Å². The Labute approximate surface area is 193 Å². The van der Waals surface area contributed by atoms with Crippen molar-refractivity contribution in [2.24, 2.45) is 0 Å². The molecule has 1 N–H and O–H groups in total. The zero-order valence-corrected chi connectivity index (χ0v) is 19.0. The number of anilines is 1. The number of fused-ring (bicyclic) bond motifs is 1. The smallest absolute Gasteiger partial charge is 0.0732 e. The molecule has 5 aromatic rings. The van der Waals surface area contributed by atoms with Gasteiger partial charge in [-0.2, -0.15) is 0 Å². The molecule has 0 saturated carbocycles. The summed E-state index contributed by atoms with van der Waals surface area (Å²) in [6.07, 6.45) is 5.60. The number of aromatic nitrogens is 4. The van der Waals surface area contributed by atoms with Crippen LogP contribution in [0, 0.1) is 20.8 Å². The van der Waals surface area contributed by atoms with E-state index in [1.807, 2.05) is 50.6 Å². The number of pyridine rings is 4. The molecule has 0 saturated heterocycles. The fourth-order valence-electron chi connectivity index (χ4n) is 4.10. The number of hydrogen-bond acceptors (Lipinski definition) is 5. The number of rotatable bonds is 5. The third-order valence-electron chi connectivity index (χ3n) is 5.71. The van der Waals surface area contributed by atoms with Crippen molar-refractivity contribution in [1.82, 2.24) is 19.9 Å². The fraction of sp³-hybridized carbons (Fsp3) is 0.143. The van der Waals surface area contributed by atoms with E-state index >= 15 is 0 Å². The molecule has 4 aromatic heterocycles. The highest BCUT2D eigenvalue weighted by atomic mass is 14.9. The van der Waals surface area contributed by atoms with Crippen LogP contribution in [0.25, 0.3) is 33.4 Å². The van der Waals surface area contributed by atoms with E-state index in [2.05, 4.69) is 64.7 Å². The second-order valence-electron chi connectivity index (χ2n) is 8.30. The van der Waals surface area contributed by atoms with Crippen LogP contribution in [-0.4, -0.2) is 19.9 Å². The zero-order valence-electron chi connectivity index (χ0n) is 19.0. The molecule has 1 aromatic carbocycles. The number of nitrogens with one attached hydrogen (secondary N) is 1. The lowest BCUT2D eigenvalue weighted by molar-refractivity contribution is 1.10. The van der Waals surface area contributed by atoms with Crippen molar-refractivity contribution in [2.45, 2.75) is 27.3 Å². The van der Waals surface area contributed by atoms with E-state index in [0.717, 1.165) is 61.6 Å². The van der Waals surface area contributed by atoms with Crippen LogP contribution in [0.4, 0.5) is 5.69 Å². The van der Waals surface area contributed by atoms with E-state index in [9.17, 15) is 0 Å². The molecule has 4 heterocycles. The largest absolute Gasteiger partial charge is 0.380 e. The van der Waals surface area contributed by atoms with Crippen LogP contribution in [0.15, 0.2) is 79.3 Å². The highest BCUT2D eigenvalue weighted by Crippen LogP contribution is 2.27. The molecule has 0 fully saturated rings. The maximum atomic E-state index is 4.88. The molecule has 0 amide bonds. The van der Waals surface area contributed by atoms with E-state index in [1.54, 1.807) is 0 Å². The van der Waals surface area contributed by atoms with E-state index in [0.29, 0.717) is 6.54 Å². The third kappa shape index (κ3) is 4.44. The van der Waals surface area contributed by atoms with Gasteiger partial charge >= 0.3 is 0 Å². The number of hydrogen-bond donors (Lipinski definition) is 1. The average molecular weight is 432 g/mol. The lowest BCUT2D eigenvalue weighted by Gasteiger charge is -2.12. The lowest BCUT2D eigenvalue weighted by atomic mass is 10.1. The van der Waals surface area contributed by atoms with Crippen LogP contribution in [0.2, 0.25) is 0 Å². The molecule has 5 heteroatoms. The summed E-state index contributed by atoms with van der Waals surface area (Å²) < 4.78 is 0. The Morgan fingerprint density at radius 1 is 0.758 bits per heavy atom. The highest BCUT2D eigenvalue weighted by Gasteiger charge is 2.08. The Kier molecular flexibility index (Phi) is 5.53. The Hall–Kier alpha value is -4.12. The molecule has 0 aliphatic rings. The molecule has 0 bridgehead atoms. The van der Waals surface area contributed by atoms with Gasteiger partial charge in [0.15, 0.2) is 0 Å². The van der Waals surface area contributed by atoms with Gasteiger partial charge in [-0.15, -0.1) is 0 Å². The van der Waals surface area contributed by atoms with Crippen LogP contribution >= 0.6 is 0 Å². The summed E-state index contributed by atoms with van der Waals surface area (Å²) in [6, 6.07) is 20.7. The van der Waals surface area contributed by atoms with Gasteiger partial charge in [0.05, 0.1) is 16.9 Å². The molecule has 5 rings (SSSR count). The van der Waals surface area contributed by atoms with Crippen LogP contribution in [-0.2, 0) is 6.54 Å². The molecular weight excluding hydrogens is 406 g/mol. The number of aryl methyl sites for hydroxylation is 3. The first-order valence-electron chi connectivity index (χ1n) is 11.0. The van der Waals surface area contributed by atoms with E-state index < -0.39 is 0 Å². The lowest BCUT2D eigenvalue weighted by Crippen LogP contribution is -2.02. The highest BCUT2D eigenvalue weighted by molar-refractivity contribution is 5.92. The molecule has 0 radical (unpaired) electrons. The second kappa shape index (κ2) is 8.79. The van der Waals surface area contributed by atoms with Gasteiger partial charge in [0, 0.05) is 58.7 Å². The normalized spacial score (nSPS) is 11.0. The molecule has 0 spiro atoms. The summed E-state index contributed by atoms with van der Waals surface area (Å²) in [5, 5.41) is 4.67. The molecule has 0 aliphatic heterocycles. The zero-order chi connectivity index (χ0) is 22.8. The van der Waals surface area contributed by atoms with Crippen molar-refractivity contribution in [2.75, 3.05) is 5.32 Å². The van der Waals surface area contributed by atoms with Crippen molar-refractivity contribution >= 4 is 16.6 Å². The predicted molar refractivity (Wildman–Crippen MR) is 134 cm³/mol. The summed E-state index contributed by atoms with van der Waals surface area (Å²) in [5.41, 5.74) is 10.4.